The van der Waals surface area contributed by atoms with Crippen molar-refractivity contribution in [1.82, 2.24) is 10.2 Å². The maximum absolute atomic E-state index is 11.4. The SMILES string of the molecule is CCC(C)(CNCC(C)C)CN1CCS(=O)CC1. The molecule has 0 amide bonds. The van der Waals surface area contributed by atoms with Gasteiger partial charge in [0, 0.05) is 48.5 Å². The normalized spacial score (nSPS) is 22.3. The van der Waals surface area contributed by atoms with Crippen molar-refractivity contribution in [2.45, 2.75) is 34.1 Å². The van der Waals surface area contributed by atoms with Gasteiger partial charge in [-0.2, -0.15) is 0 Å². The molecule has 1 aliphatic rings. The quantitative estimate of drug-likeness (QED) is 0.767. The Balaban J connectivity index is 2.36. The van der Waals surface area contributed by atoms with Gasteiger partial charge in [-0.3, -0.25) is 4.21 Å². The van der Waals surface area contributed by atoms with E-state index in [1.165, 1.54) is 6.42 Å². The summed E-state index contributed by atoms with van der Waals surface area (Å²) >= 11 is 0. The topological polar surface area (TPSA) is 32.3 Å². The molecule has 1 rings (SSSR count). The van der Waals surface area contributed by atoms with E-state index in [9.17, 15) is 4.21 Å². The van der Waals surface area contributed by atoms with E-state index in [2.05, 4.69) is 37.9 Å². The van der Waals surface area contributed by atoms with Gasteiger partial charge in [-0.1, -0.05) is 27.7 Å². The van der Waals surface area contributed by atoms with Gasteiger partial charge >= 0.3 is 0 Å². The van der Waals surface area contributed by atoms with E-state index in [0.717, 1.165) is 44.2 Å². The average Bonchev–Trinajstić information content (AvgIpc) is 2.32. The molecule has 1 heterocycles. The summed E-state index contributed by atoms with van der Waals surface area (Å²) in [7, 11) is -0.560. The highest BCUT2D eigenvalue weighted by atomic mass is 32.2. The van der Waals surface area contributed by atoms with E-state index in [0.29, 0.717) is 11.3 Å². The molecule has 0 aromatic carbocycles. The van der Waals surface area contributed by atoms with Crippen LogP contribution in [0, 0.1) is 11.3 Å². The molecule has 1 atom stereocenters. The van der Waals surface area contributed by atoms with Gasteiger partial charge in [-0.05, 0) is 24.3 Å². The third-order valence-corrected chi connectivity index (χ3v) is 5.11. The summed E-state index contributed by atoms with van der Waals surface area (Å²) in [5.74, 6) is 2.43. The Kier molecular flexibility index (Phi) is 6.82. The molecule has 1 N–H and O–H groups in total. The third-order valence-electron chi connectivity index (χ3n) is 3.83. The van der Waals surface area contributed by atoms with E-state index in [4.69, 9.17) is 0 Å². The smallest absolute Gasteiger partial charge is 0.0363 e. The molecule has 0 saturated carbocycles. The number of hydrogen-bond donors (Lipinski definition) is 1. The van der Waals surface area contributed by atoms with Crippen LogP contribution in [-0.4, -0.2) is 53.3 Å². The van der Waals surface area contributed by atoms with E-state index < -0.39 is 10.8 Å². The molecule has 1 unspecified atom stereocenters. The van der Waals surface area contributed by atoms with E-state index in [1.807, 2.05) is 0 Å². The molecule has 0 aromatic rings. The Morgan fingerprint density at radius 1 is 1.33 bits per heavy atom. The first-order valence-corrected chi connectivity index (χ1v) is 8.72. The van der Waals surface area contributed by atoms with Crippen LogP contribution in [0.25, 0.3) is 0 Å². The Labute approximate surface area is 115 Å². The van der Waals surface area contributed by atoms with Gasteiger partial charge in [0.15, 0.2) is 0 Å². The highest BCUT2D eigenvalue weighted by Gasteiger charge is 2.26. The van der Waals surface area contributed by atoms with E-state index in [-0.39, 0.29) is 0 Å². The molecule has 0 aliphatic carbocycles. The number of rotatable bonds is 7. The lowest BCUT2D eigenvalue weighted by Crippen LogP contribution is -2.47. The first kappa shape index (κ1) is 16.1. The number of nitrogens with one attached hydrogen (secondary N) is 1. The lowest BCUT2D eigenvalue weighted by Gasteiger charge is -2.37. The molecule has 1 saturated heterocycles. The zero-order valence-corrected chi connectivity index (χ0v) is 13.3. The summed E-state index contributed by atoms with van der Waals surface area (Å²) in [5, 5.41) is 3.59. The summed E-state index contributed by atoms with van der Waals surface area (Å²) in [6.45, 7) is 14.5. The molecule has 3 nitrogen and oxygen atoms in total. The maximum atomic E-state index is 11.4. The second-order valence-corrected chi connectivity index (χ2v) is 8.01. The van der Waals surface area contributed by atoms with Crippen molar-refractivity contribution >= 4 is 10.8 Å². The van der Waals surface area contributed by atoms with Gasteiger partial charge in [0.2, 0.25) is 0 Å². The van der Waals surface area contributed by atoms with Crippen LogP contribution in [0.1, 0.15) is 34.1 Å². The average molecular weight is 274 g/mol. The first-order chi connectivity index (χ1) is 8.45. The summed E-state index contributed by atoms with van der Waals surface area (Å²) in [6.07, 6.45) is 1.19. The molecule has 4 heteroatoms. The molecule has 0 spiro atoms. The van der Waals surface area contributed by atoms with Crippen LogP contribution in [0.15, 0.2) is 0 Å². The zero-order valence-electron chi connectivity index (χ0n) is 12.5. The Morgan fingerprint density at radius 2 is 1.94 bits per heavy atom. The van der Waals surface area contributed by atoms with Gasteiger partial charge in [0.05, 0.1) is 0 Å². The minimum atomic E-state index is -0.560. The van der Waals surface area contributed by atoms with Crippen LogP contribution in [0.5, 0.6) is 0 Å². The monoisotopic (exact) mass is 274 g/mol. The predicted molar refractivity (Wildman–Crippen MR) is 80.4 cm³/mol. The van der Waals surface area contributed by atoms with E-state index in [1.54, 1.807) is 0 Å². The molecular weight excluding hydrogens is 244 g/mol. The van der Waals surface area contributed by atoms with Crippen molar-refractivity contribution in [1.29, 1.82) is 0 Å². The van der Waals surface area contributed by atoms with Gasteiger partial charge in [-0.15, -0.1) is 0 Å². The van der Waals surface area contributed by atoms with Crippen LogP contribution in [0.2, 0.25) is 0 Å². The summed E-state index contributed by atoms with van der Waals surface area (Å²) < 4.78 is 11.4. The highest BCUT2D eigenvalue weighted by Crippen LogP contribution is 2.22. The highest BCUT2D eigenvalue weighted by molar-refractivity contribution is 7.85. The van der Waals surface area contributed by atoms with Crippen molar-refractivity contribution in [2.24, 2.45) is 11.3 Å². The van der Waals surface area contributed by atoms with Crippen molar-refractivity contribution < 1.29 is 4.21 Å². The molecular formula is C14H30N2OS. The largest absolute Gasteiger partial charge is 0.316 e. The maximum Gasteiger partial charge on any atom is 0.0363 e. The lowest BCUT2D eigenvalue weighted by atomic mass is 9.86. The number of nitrogens with zero attached hydrogens (tertiary/aromatic N) is 1. The van der Waals surface area contributed by atoms with Gasteiger partial charge in [-0.25, -0.2) is 0 Å². The van der Waals surface area contributed by atoms with Crippen molar-refractivity contribution in [3.8, 4) is 0 Å². The second-order valence-electron chi connectivity index (χ2n) is 6.31. The Hall–Kier alpha value is 0.0700. The predicted octanol–water partition coefficient (Wildman–Crippen LogP) is 1.71. The zero-order chi connectivity index (χ0) is 13.6. The molecule has 108 valence electrons. The van der Waals surface area contributed by atoms with Crippen LogP contribution in [0.4, 0.5) is 0 Å². The molecule has 18 heavy (non-hydrogen) atoms. The molecule has 1 aliphatic heterocycles. The second kappa shape index (κ2) is 7.61. The Bertz CT molecular complexity index is 261. The first-order valence-electron chi connectivity index (χ1n) is 7.23. The fourth-order valence-electron chi connectivity index (χ4n) is 2.33. The summed E-state index contributed by atoms with van der Waals surface area (Å²) in [5.41, 5.74) is 0.341. The fraction of sp³-hybridized carbons (Fsp3) is 1.00. The van der Waals surface area contributed by atoms with Crippen LogP contribution >= 0.6 is 0 Å². The minimum absolute atomic E-state index is 0.341. The molecule has 1 fully saturated rings. The molecule has 0 radical (unpaired) electrons. The molecule has 0 aromatic heterocycles. The van der Waals surface area contributed by atoms with E-state index >= 15 is 0 Å². The summed E-state index contributed by atoms with van der Waals surface area (Å²) in [4.78, 5) is 2.49. The lowest BCUT2D eigenvalue weighted by molar-refractivity contribution is 0.164. The fourth-order valence-corrected chi connectivity index (χ4v) is 3.46. The third kappa shape index (κ3) is 5.81. The van der Waals surface area contributed by atoms with Gasteiger partial charge in [0.1, 0.15) is 0 Å². The van der Waals surface area contributed by atoms with Crippen LogP contribution in [0.3, 0.4) is 0 Å². The van der Waals surface area contributed by atoms with Gasteiger partial charge in [0.25, 0.3) is 0 Å². The summed E-state index contributed by atoms with van der Waals surface area (Å²) in [6, 6.07) is 0. The van der Waals surface area contributed by atoms with Crippen molar-refractivity contribution in [3.63, 3.8) is 0 Å². The Morgan fingerprint density at radius 3 is 2.44 bits per heavy atom. The standard InChI is InChI=1S/C14H30N2OS/c1-5-14(4,11-15-10-13(2)3)12-16-6-8-18(17)9-7-16/h13,15H,5-12H2,1-4H3. The van der Waals surface area contributed by atoms with Crippen molar-refractivity contribution in [3.05, 3.63) is 0 Å². The molecule has 0 bridgehead atoms. The van der Waals surface area contributed by atoms with Crippen molar-refractivity contribution in [2.75, 3.05) is 44.2 Å². The van der Waals surface area contributed by atoms with Crippen LogP contribution in [-0.2, 0) is 10.8 Å². The van der Waals surface area contributed by atoms with Crippen LogP contribution < -0.4 is 5.32 Å². The number of hydrogen-bond acceptors (Lipinski definition) is 3. The minimum Gasteiger partial charge on any atom is -0.316 e. The van der Waals surface area contributed by atoms with Gasteiger partial charge < -0.3 is 10.2 Å².